The van der Waals surface area contributed by atoms with Crippen LogP contribution in [0.3, 0.4) is 0 Å². The molecule has 1 N–H and O–H groups in total. The highest BCUT2D eigenvalue weighted by atomic mass is 35.5. The van der Waals surface area contributed by atoms with Crippen LogP contribution in [0.4, 0.5) is 0 Å². The number of rotatable bonds is 10. The van der Waals surface area contributed by atoms with Crippen molar-refractivity contribution in [2.24, 2.45) is 0 Å². The van der Waals surface area contributed by atoms with E-state index in [1.807, 2.05) is 45.0 Å². The molecule has 4 nitrogen and oxygen atoms in total. The normalized spacial score (nSPS) is 12.0. The Kier molecular flexibility index (Phi) is 10.5. The molecule has 1 atom stereocenters. The zero-order valence-corrected chi connectivity index (χ0v) is 20.9. The van der Waals surface area contributed by atoms with Gasteiger partial charge in [0.1, 0.15) is 6.04 Å². The van der Waals surface area contributed by atoms with E-state index in [4.69, 9.17) is 34.8 Å². The van der Waals surface area contributed by atoms with Crippen molar-refractivity contribution in [2.45, 2.75) is 51.6 Å². The summed E-state index contributed by atoms with van der Waals surface area (Å²) < 4.78 is 0. The second-order valence-corrected chi connectivity index (χ2v) is 9.67. The third kappa shape index (κ3) is 7.90. The lowest BCUT2D eigenvalue weighted by Crippen LogP contribution is -2.51. The summed E-state index contributed by atoms with van der Waals surface area (Å²) in [6.45, 7) is 5.84. The Morgan fingerprint density at radius 2 is 1.71 bits per heavy atom. The number of amides is 2. The Hall–Kier alpha value is -1.40. The van der Waals surface area contributed by atoms with E-state index in [0.29, 0.717) is 32.8 Å². The highest BCUT2D eigenvalue weighted by Crippen LogP contribution is 2.27. The van der Waals surface area contributed by atoms with Crippen molar-refractivity contribution in [1.29, 1.82) is 0 Å². The molecule has 0 radical (unpaired) electrons. The summed E-state index contributed by atoms with van der Waals surface area (Å²) in [5.74, 6) is 0.532. The average molecular weight is 502 g/mol. The Bertz CT molecular complexity index is 888. The van der Waals surface area contributed by atoms with E-state index in [0.717, 1.165) is 5.56 Å². The number of benzene rings is 2. The van der Waals surface area contributed by atoms with Crippen LogP contribution in [-0.2, 0) is 21.9 Å². The molecule has 2 amide bonds. The minimum Gasteiger partial charge on any atom is -0.352 e. The third-order valence-corrected chi connectivity index (χ3v) is 6.52. The Labute approximate surface area is 203 Å². The molecule has 0 saturated heterocycles. The molecule has 2 rings (SSSR count). The molecular weight excluding hydrogens is 475 g/mol. The van der Waals surface area contributed by atoms with Crippen LogP contribution in [0.1, 0.15) is 38.3 Å². The van der Waals surface area contributed by atoms with E-state index in [-0.39, 0.29) is 30.2 Å². The van der Waals surface area contributed by atoms with Gasteiger partial charge >= 0.3 is 0 Å². The molecule has 31 heavy (non-hydrogen) atoms. The van der Waals surface area contributed by atoms with Crippen molar-refractivity contribution in [3.8, 4) is 0 Å². The average Bonchev–Trinajstić information content (AvgIpc) is 2.69. The highest BCUT2D eigenvalue weighted by molar-refractivity contribution is 7.99. The quantitative estimate of drug-likeness (QED) is 0.421. The number of carbonyl (C=O) groups is 2. The molecule has 0 saturated carbocycles. The van der Waals surface area contributed by atoms with Gasteiger partial charge in [-0.3, -0.25) is 9.59 Å². The van der Waals surface area contributed by atoms with Gasteiger partial charge in [0.05, 0.1) is 5.75 Å². The number of hydrogen-bond donors (Lipinski definition) is 1. The first-order valence-corrected chi connectivity index (χ1v) is 12.4. The monoisotopic (exact) mass is 500 g/mol. The maximum atomic E-state index is 13.2. The van der Waals surface area contributed by atoms with Crippen LogP contribution in [-0.4, -0.2) is 34.6 Å². The fraction of sp³-hybridized carbons (Fsp3) is 0.391. The van der Waals surface area contributed by atoms with Crippen molar-refractivity contribution in [3.05, 3.63) is 68.7 Å². The van der Waals surface area contributed by atoms with Crippen LogP contribution in [0, 0.1) is 0 Å². The zero-order valence-electron chi connectivity index (χ0n) is 17.8. The summed E-state index contributed by atoms with van der Waals surface area (Å²) in [7, 11) is 0. The number of nitrogens with one attached hydrogen (secondary N) is 1. The molecule has 0 aliphatic rings. The van der Waals surface area contributed by atoms with Gasteiger partial charge in [-0.1, -0.05) is 59.9 Å². The third-order valence-electron chi connectivity index (χ3n) is 4.59. The van der Waals surface area contributed by atoms with Crippen LogP contribution >= 0.6 is 46.6 Å². The van der Waals surface area contributed by atoms with Gasteiger partial charge in [-0.2, -0.15) is 0 Å². The van der Waals surface area contributed by atoms with Crippen molar-refractivity contribution < 1.29 is 9.59 Å². The largest absolute Gasteiger partial charge is 0.352 e. The second-order valence-electron chi connectivity index (χ2n) is 7.43. The lowest BCUT2D eigenvalue weighted by Gasteiger charge is -2.31. The molecule has 0 spiro atoms. The molecule has 0 aliphatic heterocycles. The Morgan fingerprint density at radius 1 is 1.06 bits per heavy atom. The van der Waals surface area contributed by atoms with Crippen LogP contribution in [0.15, 0.2) is 42.5 Å². The van der Waals surface area contributed by atoms with E-state index in [9.17, 15) is 9.59 Å². The predicted molar refractivity (Wildman–Crippen MR) is 132 cm³/mol. The summed E-state index contributed by atoms with van der Waals surface area (Å²) >= 11 is 20.2. The number of carbonyl (C=O) groups excluding carboxylic acids is 2. The van der Waals surface area contributed by atoms with Crippen molar-refractivity contribution >= 4 is 58.4 Å². The summed E-state index contributed by atoms with van der Waals surface area (Å²) in [6.07, 6.45) is 0.478. The molecule has 0 bridgehead atoms. The highest BCUT2D eigenvalue weighted by Gasteiger charge is 2.29. The van der Waals surface area contributed by atoms with Gasteiger partial charge in [0.2, 0.25) is 11.8 Å². The fourth-order valence-corrected chi connectivity index (χ4v) is 4.71. The SMILES string of the molecule is CCC(C(=O)NC(C)C)N(Cc1c(Cl)cccc1Cl)C(=O)CSCc1cccc(Cl)c1. The van der Waals surface area contributed by atoms with Crippen molar-refractivity contribution in [1.82, 2.24) is 10.2 Å². The van der Waals surface area contributed by atoms with E-state index in [1.165, 1.54) is 11.8 Å². The van der Waals surface area contributed by atoms with Gasteiger partial charge in [0.25, 0.3) is 0 Å². The van der Waals surface area contributed by atoms with Crippen LogP contribution in [0.25, 0.3) is 0 Å². The lowest BCUT2D eigenvalue weighted by molar-refractivity contribution is -0.139. The molecule has 0 fully saturated rings. The van der Waals surface area contributed by atoms with Gasteiger partial charge in [-0.05, 0) is 50.1 Å². The molecule has 2 aromatic rings. The molecule has 0 heterocycles. The van der Waals surface area contributed by atoms with Crippen molar-refractivity contribution in [2.75, 3.05) is 5.75 Å². The Morgan fingerprint density at radius 3 is 2.29 bits per heavy atom. The minimum absolute atomic E-state index is 0.0281. The maximum Gasteiger partial charge on any atom is 0.243 e. The molecular formula is C23H27Cl3N2O2S. The molecule has 8 heteroatoms. The molecule has 168 valence electrons. The predicted octanol–water partition coefficient (Wildman–Crippen LogP) is 6.21. The first kappa shape index (κ1) is 25.9. The number of nitrogens with zero attached hydrogens (tertiary/aromatic N) is 1. The standard InChI is InChI=1S/C23H27Cl3N2O2S/c1-4-21(23(30)27-15(2)3)28(12-18-19(25)9-6-10-20(18)26)22(29)14-31-13-16-7-5-8-17(24)11-16/h5-11,15,21H,4,12-14H2,1-3H3,(H,27,30). The minimum atomic E-state index is -0.617. The molecule has 1 unspecified atom stereocenters. The second kappa shape index (κ2) is 12.6. The first-order valence-electron chi connectivity index (χ1n) is 10.1. The number of hydrogen-bond acceptors (Lipinski definition) is 3. The molecule has 2 aromatic carbocycles. The van der Waals surface area contributed by atoms with E-state index < -0.39 is 6.04 Å². The van der Waals surface area contributed by atoms with E-state index in [2.05, 4.69) is 5.32 Å². The number of thioether (sulfide) groups is 1. The summed E-state index contributed by atoms with van der Waals surface area (Å²) in [4.78, 5) is 27.6. The van der Waals surface area contributed by atoms with Gasteiger partial charge in [-0.25, -0.2) is 0 Å². The summed E-state index contributed by atoms with van der Waals surface area (Å²) in [5, 5.41) is 4.51. The lowest BCUT2D eigenvalue weighted by atomic mass is 10.1. The van der Waals surface area contributed by atoms with Crippen molar-refractivity contribution in [3.63, 3.8) is 0 Å². The first-order chi connectivity index (χ1) is 14.7. The van der Waals surface area contributed by atoms with Gasteiger partial charge in [-0.15, -0.1) is 11.8 Å². The Balaban J connectivity index is 2.20. The van der Waals surface area contributed by atoms with Gasteiger partial charge in [0.15, 0.2) is 0 Å². The van der Waals surface area contributed by atoms with Gasteiger partial charge < -0.3 is 10.2 Å². The zero-order chi connectivity index (χ0) is 23.0. The topological polar surface area (TPSA) is 49.4 Å². The number of halogens is 3. The van der Waals surface area contributed by atoms with E-state index in [1.54, 1.807) is 23.1 Å². The van der Waals surface area contributed by atoms with Crippen LogP contribution in [0.2, 0.25) is 15.1 Å². The van der Waals surface area contributed by atoms with Gasteiger partial charge in [0, 0.05) is 39.0 Å². The maximum absolute atomic E-state index is 13.2. The molecule has 0 aromatic heterocycles. The fourth-order valence-electron chi connectivity index (χ4n) is 3.12. The summed E-state index contributed by atoms with van der Waals surface area (Å²) in [5.41, 5.74) is 1.67. The van der Waals surface area contributed by atoms with Crippen LogP contribution in [0.5, 0.6) is 0 Å². The smallest absolute Gasteiger partial charge is 0.243 e. The summed E-state index contributed by atoms with van der Waals surface area (Å²) in [6, 6.07) is 12.1. The molecule has 0 aliphatic carbocycles. The van der Waals surface area contributed by atoms with E-state index >= 15 is 0 Å². The van der Waals surface area contributed by atoms with Crippen LogP contribution < -0.4 is 5.32 Å².